The molecule has 0 atom stereocenters. The Balaban J connectivity index is 2.19. The lowest BCUT2D eigenvalue weighted by atomic mass is 9.75. The number of aromatic nitrogens is 4. The van der Waals surface area contributed by atoms with Crippen LogP contribution < -0.4 is 5.73 Å². The first-order valence-electron chi connectivity index (χ1n) is 7.09. The van der Waals surface area contributed by atoms with Gasteiger partial charge in [-0.15, -0.1) is 0 Å². The highest BCUT2D eigenvalue weighted by molar-refractivity contribution is 5.52. The van der Waals surface area contributed by atoms with E-state index in [1.807, 2.05) is 19.9 Å². The predicted molar refractivity (Wildman–Crippen MR) is 79.0 cm³/mol. The molecule has 2 heterocycles. The van der Waals surface area contributed by atoms with Crippen LogP contribution in [0.5, 0.6) is 0 Å². The van der Waals surface area contributed by atoms with Crippen molar-refractivity contribution in [2.45, 2.75) is 52.4 Å². The van der Waals surface area contributed by atoms with Gasteiger partial charge in [0.1, 0.15) is 5.82 Å². The van der Waals surface area contributed by atoms with Crippen LogP contribution in [-0.4, -0.2) is 19.7 Å². The summed E-state index contributed by atoms with van der Waals surface area (Å²) < 4.78 is 1.71. The number of hydrogen-bond donors (Lipinski definition) is 1. The Bertz CT molecular complexity index is 649. The van der Waals surface area contributed by atoms with E-state index in [4.69, 9.17) is 5.73 Å². The van der Waals surface area contributed by atoms with Gasteiger partial charge in [-0.05, 0) is 44.6 Å². The zero-order valence-corrected chi connectivity index (χ0v) is 12.6. The summed E-state index contributed by atoms with van der Waals surface area (Å²) in [6, 6.07) is 1.95. The Labute approximate surface area is 119 Å². The van der Waals surface area contributed by atoms with Gasteiger partial charge in [0.05, 0.1) is 5.69 Å². The summed E-state index contributed by atoms with van der Waals surface area (Å²) in [5.41, 5.74) is 10.6. The molecule has 0 aromatic carbocycles. The molecule has 2 aromatic heterocycles. The van der Waals surface area contributed by atoms with Crippen molar-refractivity contribution < 1.29 is 0 Å². The van der Waals surface area contributed by atoms with Crippen LogP contribution in [0.3, 0.4) is 0 Å². The highest BCUT2D eigenvalue weighted by Gasteiger charge is 2.34. The van der Waals surface area contributed by atoms with Crippen LogP contribution in [0.15, 0.2) is 6.07 Å². The maximum atomic E-state index is 6.35. The Hall–Kier alpha value is -1.91. The second-order valence-electron chi connectivity index (χ2n) is 6.31. The Morgan fingerprint density at radius 2 is 1.85 bits per heavy atom. The molecule has 2 aromatic rings. The third kappa shape index (κ3) is 1.97. The number of nitrogens with two attached hydrogens (primary N) is 1. The van der Waals surface area contributed by atoms with E-state index in [9.17, 15) is 0 Å². The predicted octanol–water partition coefficient (Wildman–Crippen LogP) is 2.48. The molecule has 20 heavy (non-hydrogen) atoms. The number of nitrogen functional groups attached to an aromatic ring is 1. The van der Waals surface area contributed by atoms with E-state index in [2.05, 4.69) is 28.9 Å². The molecule has 0 unspecified atom stereocenters. The van der Waals surface area contributed by atoms with Gasteiger partial charge in [0.15, 0.2) is 0 Å². The molecule has 0 saturated carbocycles. The lowest BCUT2D eigenvalue weighted by molar-refractivity contribution is 0.432. The molecule has 3 rings (SSSR count). The number of aryl methyl sites for hydroxylation is 3. The van der Waals surface area contributed by atoms with E-state index in [1.54, 1.807) is 4.68 Å². The van der Waals surface area contributed by atoms with Crippen LogP contribution in [-0.2, 0) is 11.8 Å². The zero-order chi connectivity index (χ0) is 14.5. The molecule has 0 radical (unpaired) electrons. The maximum absolute atomic E-state index is 6.35. The molecule has 0 saturated heterocycles. The summed E-state index contributed by atoms with van der Waals surface area (Å²) in [6.45, 7) is 8.38. The molecule has 5 nitrogen and oxygen atoms in total. The summed E-state index contributed by atoms with van der Waals surface area (Å²) in [5.74, 6) is 1.26. The normalized spacial score (nSPS) is 17.0. The van der Waals surface area contributed by atoms with Crippen molar-refractivity contribution in [3.8, 4) is 5.95 Å². The molecule has 0 aliphatic heterocycles. The number of fused-ring (bicyclic) bond motifs is 1. The number of hydrogen-bond acceptors (Lipinski definition) is 4. The highest BCUT2D eigenvalue weighted by Crippen LogP contribution is 2.40. The molecule has 0 amide bonds. The molecule has 1 aliphatic carbocycles. The summed E-state index contributed by atoms with van der Waals surface area (Å²) >= 11 is 0. The summed E-state index contributed by atoms with van der Waals surface area (Å²) in [4.78, 5) is 8.93. The second kappa shape index (κ2) is 4.30. The van der Waals surface area contributed by atoms with E-state index in [0.29, 0.717) is 11.8 Å². The lowest BCUT2D eigenvalue weighted by Gasteiger charge is -2.29. The molecule has 0 bridgehead atoms. The molecular formula is C15H21N5. The van der Waals surface area contributed by atoms with Crippen LogP contribution >= 0.6 is 0 Å². The van der Waals surface area contributed by atoms with Gasteiger partial charge in [-0.2, -0.15) is 9.78 Å². The first kappa shape index (κ1) is 13.1. The average Bonchev–Trinajstić information content (AvgIpc) is 2.66. The van der Waals surface area contributed by atoms with Gasteiger partial charge in [-0.25, -0.2) is 9.97 Å². The maximum Gasteiger partial charge on any atom is 0.252 e. The van der Waals surface area contributed by atoms with Crippen molar-refractivity contribution in [2.75, 3.05) is 5.73 Å². The molecule has 5 heteroatoms. The van der Waals surface area contributed by atoms with Gasteiger partial charge in [0, 0.05) is 17.0 Å². The van der Waals surface area contributed by atoms with Crippen molar-refractivity contribution in [1.82, 2.24) is 19.7 Å². The minimum Gasteiger partial charge on any atom is -0.383 e. The van der Waals surface area contributed by atoms with Crippen LogP contribution in [0, 0.1) is 13.8 Å². The lowest BCUT2D eigenvalue weighted by Crippen LogP contribution is -2.24. The van der Waals surface area contributed by atoms with Crippen molar-refractivity contribution in [3.05, 3.63) is 28.7 Å². The molecule has 106 valence electrons. The summed E-state index contributed by atoms with van der Waals surface area (Å²) in [5, 5.41) is 4.67. The smallest absolute Gasteiger partial charge is 0.252 e. The van der Waals surface area contributed by atoms with E-state index < -0.39 is 0 Å². The standard InChI is InChI=1S/C15H21N5/c1-9-8-10(2)18-14(17-9)20-13(16)12-11(19-20)6-5-7-15(12,3)4/h8H,5-7,16H2,1-4H3. The average molecular weight is 271 g/mol. The fourth-order valence-electron chi connectivity index (χ4n) is 3.17. The summed E-state index contributed by atoms with van der Waals surface area (Å²) in [6.07, 6.45) is 3.29. The van der Waals surface area contributed by atoms with Gasteiger partial charge in [0.25, 0.3) is 5.95 Å². The van der Waals surface area contributed by atoms with Crippen molar-refractivity contribution in [3.63, 3.8) is 0 Å². The summed E-state index contributed by atoms with van der Waals surface area (Å²) in [7, 11) is 0. The third-order valence-corrected chi connectivity index (χ3v) is 4.05. The van der Waals surface area contributed by atoms with Gasteiger partial charge in [0.2, 0.25) is 0 Å². The fraction of sp³-hybridized carbons (Fsp3) is 0.533. The number of nitrogens with zero attached hydrogens (tertiary/aromatic N) is 4. The van der Waals surface area contributed by atoms with E-state index in [1.165, 1.54) is 5.56 Å². The van der Waals surface area contributed by atoms with E-state index in [0.717, 1.165) is 36.3 Å². The van der Waals surface area contributed by atoms with Gasteiger partial charge in [-0.3, -0.25) is 0 Å². The van der Waals surface area contributed by atoms with Crippen LogP contribution in [0.4, 0.5) is 5.82 Å². The molecule has 0 fully saturated rings. The van der Waals surface area contributed by atoms with Crippen LogP contribution in [0.1, 0.15) is 49.3 Å². The monoisotopic (exact) mass is 271 g/mol. The second-order valence-corrected chi connectivity index (χ2v) is 6.31. The van der Waals surface area contributed by atoms with Crippen molar-refractivity contribution >= 4 is 5.82 Å². The minimum atomic E-state index is 0.0782. The molecule has 0 spiro atoms. The van der Waals surface area contributed by atoms with E-state index in [-0.39, 0.29) is 5.41 Å². The van der Waals surface area contributed by atoms with Crippen molar-refractivity contribution in [1.29, 1.82) is 0 Å². The topological polar surface area (TPSA) is 69.6 Å². The quantitative estimate of drug-likeness (QED) is 0.865. The Morgan fingerprint density at radius 1 is 1.20 bits per heavy atom. The molecular weight excluding hydrogens is 250 g/mol. The van der Waals surface area contributed by atoms with Gasteiger partial charge >= 0.3 is 0 Å². The molecule has 1 aliphatic rings. The Kier molecular flexibility index (Phi) is 2.81. The highest BCUT2D eigenvalue weighted by atomic mass is 15.4. The van der Waals surface area contributed by atoms with E-state index >= 15 is 0 Å². The number of rotatable bonds is 1. The first-order valence-corrected chi connectivity index (χ1v) is 7.09. The largest absolute Gasteiger partial charge is 0.383 e. The van der Waals surface area contributed by atoms with Crippen LogP contribution in [0.25, 0.3) is 5.95 Å². The Morgan fingerprint density at radius 3 is 2.45 bits per heavy atom. The van der Waals surface area contributed by atoms with Crippen LogP contribution in [0.2, 0.25) is 0 Å². The molecule has 2 N–H and O–H groups in total. The fourth-order valence-corrected chi connectivity index (χ4v) is 3.17. The zero-order valence-electron chi connectivity index (χ0n) is 12.6. The first-order chi connectivity index (χ1) is 9.38. The number of anilines is 1. The SMILES string of the molecule is Cc1cc(C)nc(-n2nc3c(c2N)C(C)(C)CCC3)n1. The third-order valence-electron chi connectivity index (χ3n) is 4.05. The van der Waals surface area contributed by atoms with Crippen molar-refractivity contribution in [2.24, 2.45) is 0 Å². The van der Waals surface area contributed by atoms with Gasteiger partial charge in [-0.1, -0.05) is 13.8 Å². The minimum absolute atomic E-state index is 0.0782. The van der Waals surface area contributed by atoms with Gasteiger partial charge < -0.3 is 5.73 Å².